The Morgan fingerprint density at radius 3 is 2.15 bits per heavy atom. The minimum Gasteiger partial charge on any atom is -0.494 e. The molecule has 266 valence electrons. The van der Waals surface area contributed by atoms with Crippen molar-refractivity contribution in [1.29, 1.82) is 5.41 Å². The minimum atomic E-state index is -5.08. The van der Waals surface area contributed by atoms with Gasteiger partial charge in [0.2, 0.25) is 0 Å². The average Bonchev–Trinajstić information content (AvgIpc) is 3.52. The van der Waals surface area contributed by atoms with E-state index in [0.717, 1.165) is 5.56 Å². The lowest BCUT2D eigenvalue weighted by Crippen LogP contribution is -2.31. The highest BCUT2D eigenvalue weighted by Crippen LogP contribution is 2.42. The third-order valence-corrected chi connectivity index (χ3v) is 7.71. The van der Waals surface area contributed by atoms with Gasteiger partial charge in [-0.25, -0.2) is 9.18 Å². The molecule has 0 saturated carbocycles. The standard InChI is InChI=1S/C31H42FN3O6.C2HF3O2/c1-8-39-24-13-19-14-35(30(33)26(19)27(32)29(24)41-10-3)15-22(36)18-11-20(31(4,5)6)28(38-7)21(12-18)34-16-23(37)25(17-34)40-9-2;3-2(4,5)1(6)7/h11-13,23,25,33,37H,8-10,14-17H2,1-7H3;(H,6,7)/t23-,25-;/m0./s1. The number of β-amino-alcohol motifs (C(OH)–C–C–N with tert-alkyl or cyclic N) is 1. The highest BCUT2D eigenvalue weighted by atomic mass is 19.4. The summed E-state index contributed by atoms with van der Waals surface area (Å²) in [4.78, 5) is 26.2. The van der Waals surface area contributed by atoms with Gasteiger partial charge < -0.3 is 39.0 Å². The molecule has 1 fully saturated rings. The number of alkyl halides is 3. The van der Waals surface area contributed by atoms with Crippen molar-refractivity contribution in [3.05, 3.63) is 46.3 Å². The third kappa shape index (κ3) is 8.48. The highest BCUT2D eigenvalue weighted by molar-refractivity contribution is 6.06. The Labute approximate surface area is 276 Å². The van der Waals surface area contributed by atoms with Crippen LogP contribution in [0.5, 0.6) is 17.2 Å². The van der Waals surface area contributed by atoms with Crippen molar-refractivity contribution in [2.24, 2.45) is 0 Å². The van der Waals surface area contributed by atoms with Crippen molar-refractivity contribution in [3.8, 4) is 17.2 Å². The van der Waals surface area contributed by atoms with Crippen LogP contribution in [0, 0.1) is 11.2 Å². The van der Waals surface area contributed by atoms with E-state index in [0.29, 0.717) is 54.6 Å². The molecule has 0 bridgehead atoms. The lowest BCUT2D eigenvalue weighted by molar-refractivity contribution is -0.192. The van der Waals surface area contributed by atoms with Gasteiger partial charge in [0.1, 0.15) is 17.7 Å². The van der Waals surface area contributed by atoms with Crippen molar-refractivity contribution < 1.29 is 56.3 Å². The van der Waals surface area contributed by atoms with Crippen LogP contribution < -0.4 is 19.1 Å². The molecule has 0 amide bonds. The van der Waals surface area contributed by atoms with Gasteiger partial charge in [-0.3, -0.25) is 10.2 Å². The SMILES string of the molecule is CCOc1cc2c(c(F)c1OCC)C(=N)N(CC(=O)c1cc(N3C[C@H](OCC)[C@@H](O)C3)c(OC)c(C(C)(C)C)c1)C2.O=C(O)C(F)(F)F. The molecule has 2 aliphatic rings. The van der Waals surface area contributed by atoms with Crippen molar-refractivity contribution >= 4 is 23.3 Å². The second-order valence-corrected chi connectivity index (χ2v) is 12.1. The van der Waals surface area contributed by atoms with E-state index in [2.05, 4.69) is 0 Å². The Kier molecular flexibility index (Phi) is 12.3. The number of rotatable bonds is 11. The zero-order valence-corrected chi connectivity index (χ0v) is 28.1. The second-order valence-electron chi connectivity index (χ2n) is 12.1. The van der Waals surface area contributed by atoms with Crippen LogP contribution in [-0.2, 0) is 21.5 Å². The van der Waals surface area contributed by atoms with Gasteiger partial charge in [-0.15, -0.1) is 0 Å². The molecule has 11 nitrogen and oxygen atoms in total. The summed E-state index contributed by atoms with van der Waals surface area (Å²) in [6.45, 7) is 13.6. The molecule has 0 spiro atoms. The molecule has 4 rings (SSSR count). The molecular weight excluding hydrogens is 642 g/mol. The molecule has 48 heavy (non-hydrogen) atoms. The Morgan fingerprint density at radius 2 is 1.62 bits per heavy atom. The molecule has 0 aromatic heterocycles. The van der Waals surface area contributed by atoms with E-state index in [1.807, 2.05) is 45.6 Å². The lowest BCUT2D eigenvalue weighted by Gasteiger charge is -2.29. The maximum atomic E-state index is 15.5. The van der Waals surface area contributed by atoms with E-state index in [1.165, 1.54) is 0 Å². The number of methoxy groups -OCH3 is 1. The molecule has 2 aromatic carbocycles. The van der Waals surface area contributed by atoms with Crippen molar-refractivity contribution in [3.63, 3.8) is 0 Å². The van der Waals surface area contributed by atoms with E-state index in [-0.39, 0.29) is 54.1 Å². The van der Waals surface area contributed by atoms with Gasteiger partial charge in [0.25, 0.3) is 0 Å². The summed E-state index contributed by atoms with van der Waals surface area (Å²) in [6, 6.07) is 5.32. The zero-order chi connectivity index (χ0) is 36.1. The van der Waals surface area contributed by atoms with E-state index in [1.54, 1.807) is 31.1 Å². The van der Waals surface area contributed by atoms with Crippen molar-refractivity contribution in [2.45, 2.75) is 71.9 Å². The number of anilines is 1. The fourth-order valence-corrected chi connectivity index (χ4v) is 5.54. The fraction of sp³-hybridized carbons (Fsp3) is 0.545. The number of aliphatic hydroxyl groups is 1. The maximum absolute atomic E-state index is 15.5. The molecule has 2 aromatic rings. The first kappa shape index (κ1) is 38.3. The molecular formula is C33H43F4N3O8. The topological polar surface area (TPSA) is 142 Å². The number of hydrogen-bond acceptors (Lipinski definition) is 9. The van der Waals surface area contributed by atoms with Gasteiger partial charge in [0, 0.05) is 37.4 Å². The molecule has 0 radical (unpaired) electrons. The van der Waals surface area contributed by atoms with Gasteiger partial charge in [0.05, 0.1) is 44.2 Å². The average molecular weight is 686 g/mol. The van der Waals surface area contributed by atoms with Crippen LogP contribution in [-0.4, -0.2) is 97.7 Å². The molecule has 2 atom stereocenters. The highest BCUT2D eigenvalue weighted by Gasteiger charge is 2.39. The second kappa shape index (κ2) is 15.4. The van der Waals surface area contributed by atoms with Crippen LogP contribution in [0.3, 0.4) is 0 Å². The first-order valence-electron chi connectivity index (χ1n) is 15.4. The van der Waals surface area contributed by atoms with Crippen LogP contribution in [0.25, 0.3) is 0 Å². The number of nitrogens with one attached hydrogen (secondary N) is 1. The Balaban J connectivity index is 0.000000804. The smallest absolute Gasteiger partial charge is 0.490 e. The number of amidine groups is 1. The van der Waals surface area contributed by atoms with E-state index in [9.17, 15) is 23.1 Å². The number of carbonyl (C=O) groups is 2. The number of Topliss-reactive ketones (excluding diaryl/α,β-unsaturated/α-hetero) is 1. The summed E-state index contributed by atoms with van der Waals surface area (Å²) in [7, 11) is 1.60. The summed E-state index contributed by atoms with van der Waals surface area (Å²) in [6.07, 6.45) is -6.09. The number of carboxylic acids is 1. The van der Waals surface area contributed by atoms with E-state index in [4.69, 9.17) is 34.3 Å². The lowest BCUT2D eigenvalue weighted by atomic mass is 9.84. The maximum Gasteiger partial charge on any atom is 0.490 e. The summed E-state index contributed by atoms with van der Waals surface area (Å²) in [5, 5.41) is 26.4. The predicted octanol–water partition coefficient (Wildman–Crippen LogP) is 5.17. The van der Waals surface area contributed by atoms with Crippen LogP contribution in [0.15, 0.2) is 18.2 Å². The van der Waals surface area contributed by atoms with Crippen LogP contribution in [0.4, 0.5) is 23.2 Å². The van der Waals surface area contributed by atoms with Gasteiger partial charge >= 0.3 is 12.1 Å². The summed E-state index contributed by atoms with van der Waals surface area (Å²) in [5.74, 6) is -2.76. The Hall–Kier alpha value is -4.11. The summed E-state index contributed by atoms with van der Waals surface area (Å²) in [5.41, 5.74) is 2.37. The number of fused-ring (bicyclic) bond motifs is 1. The van der Waals surface area contributed by atoms with Gasteiger partial charge in [-0.1, -0.05) is 20.8 Å². The molecule has 1 saturated heterocycles. The third-order valence-electron chi connectivity index (χ3n) is 7.71. The van der Waals surface area contributed by atoms with Crippen molar-refractivity contribution in [1.82, 2.24) is 4.90 Å². The first-order valence-corrected chi connectivity index (χ1v) is 15.4. The fourth-order valence-electron chi connectivity index (χ4n) is 5.54. The number of carboxylic acid groups (broad SMARTS) is 1. The quantitative estimate of drug-likeness (QED) is 0.214. The normalized spacial score (nSPS) is 17.5. The summed E-state index contributed by atoms with van der Waals surface area (Å²) >= 11 is 0. The number of carbonyl (C=O) groups excluding carboxylic acids is 1. The number of aliphatic carboxylic acids is 1. The number of aliphatic hydroxyl groups excluding tert-OH is 1. The number of ketones is 1. The van der Waals surface area contributed by atoms with Gasteiger partial charge in [0.15, 0.2) is 23.1 Å². The number of nitrogens with zero attached hydrogens (tertiary/aromatic N) is 2. The van der Waals surface area contributed by atoms with Crippen LogP contribution >= 0.6 is 0 Å². The minimum absolute atomic E-state index is 0.0150. The van der Waals surface area contributed by atoms with Crippen molar-refractivity contribution in [2.75, 3.05) is 51.5 Å². The number of halogens is 4. The Morgan fingerprint density at radius 1 is 1.00 bits per heavy atom. The molecule has 2 heterocycles. The number of hydrogen-bond donors (Lipinski definition) is 3. The zero-order valence-electron chi connectivity index (χ0n) is 28.1. The monoisotopic (exact) mass is 685 g/mol. The molecule has 2 aliphatic heterocycles. The number of benzene rings is 2. The molecule has 0 aliphatic carbocycles. The number of ether oxygens (including phenoxy) is 4. The van der Waals surface area contributed by atoms with E-state index >= 15 is 4.39 Å². The molecule has 0 unspecified atom stereocenters. The van der Waals surface area contributed by atoms with Gasteiger partial charge in [-0.05, 0) is 49.9 Å². The van der Waals surface area contributed by atoms with Crippen LogP contribution in [0.1, 0.15) is 68.6 Å². The Bertz CT molecular complexity index is 1510. The summed E-state index contributed by atoms with van der Waals surface area (Å²) < 4.78 is 70.0. The van der Waals surface area contributed by atoms with E-state index < -0.39 is 24.1 Å². The largest absolute Gasteiger partial charge is 0.494 e. The van der Waals surface area contributed by atoms with Gasteiger partial charge in [-0.2, -0.15) is 13.2 Å². The van der Waals surface area contributed by atoms with Crippen LogP contribution in [0.2, 0.25) is 0 Å². The molecule has 15 heteroatoms. The molecule has 3 N–H and O–H groups in total. The predicted molar refractivity (Wildman–Crippen MR) is 169 cm³/mol. The first-order chi connectivity index (χ1) is 22.4.